The highest BCUT2D eigenvalue weighted by Crippen LogP contribution is 2.38. The van der Waals surface area contributed by atoms with Crippen LogP contribution in [-0.4, -0.2) is 60.8 Å². The van der Waals surface area contributed by atoms with E-state index in [1.165, 1.54) is 26.9 Å². The number of aromatic nitrogens is 2. The van der Waals surface area contributed by atoms with Crippen molar-refractivity contribution in [1.29, 1.82) is 0 Å². The van der Waals surface area contributed by atoms with E-state index in [0.717, 1.165) is 39.0 Å². The van der Waals surface area contributed by atoms with Gasteiger partial charge in [-0.05, 0) is 43.1 Å². The van der Waals surface area contributed by atoms with E-state index in [1.54, 1.807) is 11.6 Å². The Hall–Kier alpha value is -1.65. The predicted octanol–water partition coefficient (Wildman–Crippen LogP) is 3.08. The highest BCUT2D eigenvalue weighted by Gasteiger charge is 2.30. The zero-order valence-electron chi connectivity index (χ0n) is 16.0. The molecule has 2 aromatic heterocycles. The number of likely N-dealkylation sites (N-methyl/N-ethyl adjacent to an activating group) is 1. The standard InChI is InChI=1S/C19H22ClN5O2S2/c1-23-6-8-24(9-7-23)16-5-2-13-12-14(3-4-15(13)16)22-29(26,27)18-17(20)21-19-25(18)10-11-28-19/h3-4,10-12,16,22H,2,5-9H2,1H3. The quantitative estimate of drug-likeness (QED) is 0.660. The number of hydrogen-bond acceptors (Lipinski definition) is 6. The van der Waals surface area contributed by atoms with Crippen molar-refractivity contribution in [1.82, 2.24) is 19.2 Å². The smallest absolute Gasteiger partial charge is 0.281 e. The number of halogens is 1. The molecule has 7 nitrogen and oxygen atoms in total. The molecule has 0 spiro atoms. The topological polar surface area (TPSA) is 69.9 Å². The van der Waals surface area contributed by atoms with E-state index in [2.05, 4.69) is 32.6 Å². The van der Waals surface area contributed by atoms with E-state index < -0.39 is 10.0 Å². The van der Waals surface area contributed by atoms with E-state index in [4.69, 9.17) is 11.6 Å². The number of anilines is 1. The molecular weight excluding hydrogens is 430 g/mol. The molecular formula is C19H22ClN5O2S2. The van der Waals surface area contributed by atoms with Gasteiger partial charge in [-0.15, -0.1) is 11.3 Å². The summed E-state index contributed by atoms with van der Waals surface area (Å²) < 4.78 is 30.1. The van der Waals surface area contributed by atoms with Crippen LogP contribution in [0.5, 0.6) is 0 Å². The monoisotopic (exact) mass is 451 g/mol. The first-order valence-electron chi connectivity index (χ1n) is 9.62. The van der Waals surface area contributed by atoms with Crippen LogP contribution in [0.1, 0.15) is 23.6 Å². The second-order valence-electron chi connectivity index (χ2n) is 7.68. The van der Waals surface area contributed by atoms with Crippen molar-refractivity contribution in [3.8, 4) is 0 Å². The van der Waals surface area contributed by atoms with Crippen molar-refractivity contribution in [2.75, 3.05) is 37.9 Å². The van der Waals surface area contributed by atoms with Gasteiger partial charge in [0.05, 0.1) is 0 Å². The maximum absolute atomic E-state index is 13.0. The Bertz CT molecular complexity index is 1160. The van der Waals surface area contributed by atoms with Gasteiger partial charge in [0.15, 0.2) is 15.1 Å². The summed E-state index contributed by atoms with van der Waals surface area (Å²) in [6.07, 6.45) is 3.71. The van der Waals surface area contributed by atoms with Crippen LogP contribution in [0.4, 0.5) is 5.69 Å². The number of hydrogen-bond donors (Lipinski definition) is 1. The Morgan fingerprint density at radius 2 is 2.03 bits per heavy atom. The summed E-state index contributed by atoms with van der Waals surface area (Å²) in [5.74, 6) is 0. The third-order valence-corrected chi connectivity index (χ3v) is 8.39. The van der Waals surface area contributed by atoms with Crippen molar-refractivity contribution in [2.45, 2.75) is 23.9 Å². The molecule has 5 rings (SSSR count). The highest BCUT2D eigenvalue weighted by molar-refractivity contribution is 7.92. The number of nitrogens with zero attached hydrogens (tertiary/aromatic N) is 4. The van der Waals surface area contributed by atoms with Crippen LogP contribution >= 0.6 is 22.9 Å². The third kappa shape index (κ3) is 3.44. The molecule has 1 aliphatic carbocycles. The van der Waals surface area contributed by atoms with Crippen LogP contribution in [-0.2, 0) is 16.4 Å². The highest BCUT2D eigenvalue weighted by atomic mass is 35.5. The first-order chi connectivity index (χ1) is 13.9. The molecule has 0 saturated carbocycles. The van der Waals surface area contributed by atoms with Gasteiger partial charge in [-0.1, -0.05) is 17.7 Å². The van der Waals surface area contributed by atoms with Gasteiger partial charge in [-0.3, -0.25) is 14.0 Å². The first kappa shape index (κ1) is 19.3. The Morgan fingerprint density at radius 1 is 1.24 bits per heavy atom. The van der Waals surface area contributed by atoms with Gasteiger partial charge in [0.2, 0.25) is 0 Å². The largest absolute Gasteiger partial charge is 0.304 e. The average molecular weight is 452 g/mol. The summed E-state index contributed by atoms with van der Waals surface area (Å²) in [4.78, 5) is 9.59. The number of fused-ring (bicyclic) bond motifs is 2. The molecule has 1 fully saturated rings. The fourth-order valence-corrected chi connectivity index (χ4v) is 6.86. The molecule has 3 heterocycles. The molecule has 1 aromatic carbocycles. The molecule has 1 unspecified atom stereocenters. The minimum absolute atomic E-state index is 0.0133. The minimum Gasteiger partial charge on any atom is -0.304 e. The Morgan fingerprint density at radius 3 is 2.83 bits per heavy atom. The third-order valence-electron chi connectivity index (χ3n) is 5.85. The molecule has 0 bridgehead atoms. The number of rotatable bonds is 4. The first-order valence-corrected chi connectivity index (χ1v) is 12.4. The molecule has 0 amide bonds. The fraction of sp³-hybridized carbons (Fsp3) is 0.421. The summed E-state index contributed by atoms with van der Waals surface area (Å²) in [6, 6.07) is 6.31. The normalized spacial score (nSPS) is 21.0. The van der Waals surface area contributed by atoms with Gasteiger partial charge in [0.1, 0.15) is 0 Å². The second kappa shape index (κ2) is 7.24. The van der Waals surface area contributed by atoms with Crippen LogP contribution in [0.2, 0.25) is 5.15 Å². The minimum atomic E-state index is -3.85. The van der Waals surface area contributed by atoms with Crippen LogP contribution in [0, 0.1) is 0 Å². The Balaban J connectivity index is 1.39. The van der Waals surface area contributed by atoms with Crippen LogP contribution in [0.3, 0.4) is 0 Å². The second-order valence-corrected chi connectivity index (χ2v) is 10.5. The maximum atomic E-state index is 13.0. The molecule has 1 aliphatic heterocycles. The lowest BCUT2D eigenvalue weighted by molar-refractivity contribution is 0.111. The number of imidazole rings is 1. The Labute approximate surface area is 179 Å². The van der Waals surface area contributed by atoms with Crippen molar-refractivity contribution >= 4 is 43.6 Å². The molecule has 1 atom stereocenters. The van der Waals surface area contributed by atoms with Gasteiger partial charge in [-0.2, -0.15) is 8.42 Å². The molecule has 154 valence electrons. The van der Waals surface area contributed by atoms with Crippen LogP contribution < -0.4 is 4.72 Å². The van der Waals surface area contributed by atoms with Crippen LogP contribution in [0.25, 0.3) is 4.96 Å². The molecule has 3 aromatic rings. The van der Waals surface area contributed by atoms with E-state index in [0.29, 0.717) is 16.7 Å². The summed E-state index contributed by atoms with van der Waals surface area (Å²) in [5, 5.41) is 1.75. The zero-order valence-corrected chi connectivity index (χ0v) is 18.4. The molecule has 2 aliphatic rings. The number of nitrogens with one attached hydrogen (secondary N) is 1. The fourth-order valence-electron chi connectivity index (χ4n) is 4.35. The summed E-state index contributed by atoms with van der Waals surface area (Å²) >= 11 is 7.46. The SMILES string of the molecule is CN1CCN(C2CCc3cc(NS(=O)(=O)c4c(Cl)nc5sccn45)ccc32)CC1. The molecule has 1 N–H and O–H groups in total. The van der Waals surface area contributed by atoms with E-state index in [-0.39, 0.29) is 10.2 Å². The van der Waals surface area contributed by atoms with Gasteiger partial charge >= 0.3 is 0 Å². The lowest BCUT2D eigenvalue weighted by Gasteiger charge is -2.36. The molecule has 0 radical (unpaired) electrons. The lowest BCUT2D eigenvalue weighted by atomic mass is 10.1. The molecule has 29 heavy (non-hydrogen) atoms. The maximum Gasteiger partial charge on any atom is 0.281 e. The summed E-state index contributed by atoms with van der Waals surface area (Å²) in [5.41, 5.74) is 3.10. The summed E-state index contributed by atoms with van der Waals surface area (Å²) in [6.45, 7) is 4.33. The molecule has 10 heteroatoms. The van der Waals surface area contributed by atoms with Crippen molar-refractivity contribution in [3.63, 3.8) is 0 Å². The molecule has 1 saturated heterocycles. The van der Waals surface area contributed by atoms with Gasteiger partial charge in [0.25, 0.3) is 10.0 Å². The number of benzene rings is 1. The van der Waals surface area contributed by atoms with E-state index in [9.17, 15) is 8.42 Å². The van der Waals surface area contributed by atoms with Crippen molar-refractivity contribution < 1.29 is 8.42 Å². The van der Waals surface area contributed by atoms with Gasteiger partial charge < -0.3 is 4.90 Å². The average Bonchev–Trinajstić information content (AvgIpc) is 3.35. The van der Waals surface area contributed by atoms with E-state index in [1.807, 2.05) is 12.1 Å². The van der Waals surface area contributed by atoms with Gasteiger partial charge in [-0.25, -0.2) is 4.98 Å². The number of thiazole rings is 1. The van der Waals surface area contributed by atoms with Crippen molar-refractivity contribution in [2.24, 2.45) is 0 Å². The number of aryl methyl sites for hydroxylation is 1. The predicted molar refractivity (Wildman–Crippen MR) is 115 cm³/mol. The number of piperazine rings is 1. The van der Waals surface area contributed by atoms with E-state index >= 15 is 0 Å². The lowest BCUT2D eigenvalue weighted by Crippen LogP contribution is -2.45. The summed E-state index contributed by atoms with van der Waals surface area (Å²) in [7, 11) is -1.68. The Kier molecular flexibility index (Phi) is 4.83. The van der Waals surface area contributed by atoms with Crippen LogP contribution in [0.15, 0.2) is 34.8 Å². The number of sulfonamides is 1. The van der Waals surface area contributed by atoms with Gasteiger partial charge in [0, 0.05) is 49.5 Å². The zero-order chi connectivity index (χ0) is 20.2. The van der Waals surface area contributed by atoms with Crippen molar-refractivity contribution in [3.05, 3.63) is 46.1 Å².